The van der Waals surface area contributed by atoms with Crippen LogP contribution in [0.2, 0.25) is 0 Å². The van der Waals surface area contributed by atoms with Crippen LogP contribution in [0.5, 0.6) is 0 Å². The zero-order chi connectivity index (χ0) is 13.0. The minimum Gasteiger partial charge on any atom is -0.354 e. The number of carbonyl (C=O) groups is 1. The van der Waals surface area contributed by atoms with Crippen molar-refractivity contribution in [3.05, 3.63) is 35.6 Å². The highest BCUT2D eigenvalue weighted by Crippen LogP contribution is 2.19. The van der Waals surface area contributed by atoms with E-state index in [0.29, 0.717) is 12.6 Å². The topological polar surface area (TPSA) is 41.1 Å². The summed E-state index contributed by atoms with van der Waals surface area (Å²) in [5.74, 6) is -0.200. The molecule has 1 aliphatic rings. The van der Waals surface area contributed by atoms with Gasteiger partial charge in [0.25, 0.3) is 0 Å². The van der Waals surface area contributed by atoms with Crippen LogP contribution in [0.1, 0.15) is 25.3 Å². The van der Waals surface area contributed by atoms with Crippen molar-refractivity contribution in [2.75, 3.05) is 6.54 Å². The van der Waals surface area contributed by atoms with Crippen LogP contribution in [0.4, 0.5) is 4.39 Å². The van der Waals surface area contributed by atoms with Gasteiger partial charge in [-0.15, -0.1) is 12.4 Å². The van der Waals surface area contributed by atoms with Crippen molar-refractivity contribution in [2.24, 2.45) is 0 Å². The van der Waals surface area contributed by atoms with Crippen LogP contribution in [0.15, 0.2) is 24.3 Å². The summed E-state index contributed by atoms with van der Waals surface area (Å²) in [5.41, 5.74) is 1.03. The second-order valence-electron chi connectivity index (χ2n) is 4.83. The Morgan fingerprint density at radius 1 is 1.37 bits per heavy atom. The summed E-state index contributed by atoms with van der Waals surface area (Å²) in [6, 6.07) is 6.76. The molecule has 106 valence electrons. The fourth-order valence-electron chi connectivity index (χ4n) is 1.81. The van der Waals surface area contributed by atoms with E-state index in [2.05, 4.69) is 10.6 Å². The van der Waals surface area contributed by atoms with E-state index in [-0.39, 0.29) is 30.2 Å². The van der Waals surface area contributed by atoms with E-state index >= 15 is 0 Å². The molecule has 3 nitrogen and oxygen atoms in total. The molecule has 1 fully saturated rings. The molecule has 1 aromatic rings. The van der Waals surface area contributed by atoms with Crippen molar-refractivity contribution >= 4 is 18.3 Å². The maximum absolute atomic E-state index is 12.7. The predicted molar refractivity (Wildman–Crippen MR) is 76.0 cm³/mol. The van der Waals surface area contributed by atoms with Gasteiger partial charge < -0.3 is 10.6 Å². The van der Waals surface area contributed by atoms with Crippen LogP contribution in [-0.2, 0) is 11.2 Å². The Morgan fingerprint density at radius 2 is 2.00 bits per heavy atom. The summed E-state index contributed by atoms with van der Waals surface area (Å²) in [5, 5.41) is 6.13. The Kier molecular flexibility index (Phi) is 6.25. The number of hydrogen-bond donors (Lipinski definition) is 2. The molecule has 0 bridgehead atoms. The minimum absolute atomic E-state index is 0. The van der Waals surface area contributed by atoms with Crippen molar-refractivity contribution in [1.82, 2.24) is 10.6 Å². The number of carbonyl (C=O) groups excluding carboxylic acids is 1. The highest BCUT2D eigenvalue weighted by molar-refractivity contribution is 5.85. The molecule has 0 aromatic heterocycles. The highest BCUT2D eigenvalue weighted by Gasteiger charge is 2.25. The third-order valence-corrected chi connectivity index (χ3v) is 3.08. The summed E-state index contributed by atoms with van der Waals surface area (Å²) in [4.78, 5) is 11.7. The average Bonchev–Trinajstić information content (AvgIpc) is 3.15. The number of halogens is 2. The molecule has 1 aromatic carbocycles. The zero-order valence-electron chi connectivity index (χ0n) is 11.0. The zero-order valence-corrected chi connectivity index (χ0v) is 11.8. The van der Waals surface area contributed by atoms with Crippen molar-refractivity contribution in [3.8, 4) is 0 Å². The summed E-state index contributed by atoms with van der Waals surface area (Å²) < 4.78 is 12.7. The number of nitrogens with one attached hydrogen (secondary N) is 2. The fraction of sp³-hybridized carbons (Fsp3) is 0.500. The molecule has 0 saturated heterocycles. The third kappa shape index (κ3) is 5.57. The molecular formula is C14H20ClFN2O. The van der Waals surface area contributed by atoms with Gasteiger partial charge in [-0.3, -0.25) is 4.79 Å². The normalized spacial score (nSPS) is 15.5. The van der Waals surface area contributed by atoms with Gasteiger partial charge in [-0.2, -0.15) is 0 Å². The van der Waals surface area contributed by atoms with Gasteiger partial charge in [-0.05, 0) is 43.9 Å². The average molecular weight is 287 g/mol. The largest absolute Gasteiger partial charge is 0.354 e. The lowest BCUT2D eigenvalue weighted by atomic mass is 10.1. The maximum atomic E-state index is 12.7. The molecule has 0 spiro atoms. The maximum Gasteiger partial charge on any atom is 0.236 e. The molecule has 2 rings (SSSR count). The predicted octanol–water partition coefficient (Wildman–Crippen LogP) is 2.05. The van der Waals surface area contributed by atoms with Crippen LogP contribution in [0.25, 0.3) is 0 Å². The lowest BCUT2D eigenvalue weighted by Crippen LogP contribution is -2.43. The molecule has 1 aliphatic carbocycles. The first-order chi connectivity index (χ1) is 8.65. The number of benzene rings is 1. The Hall–Kier alpha value is -1.13. The number of amides is 1. The first-order valence-electron chi connectivity index (χ1n) is 6.43. The number of hydrogen-bond acceptors (Lipinski definition) is 2. The van der Waals surface area contributed by atoms with E-state index < -0.39 is 0 Å². The molecule has 1 amide bonds. The van der Waals surface area contributed by atoms with Gasteiger partial charge >= 0.3 is 0 Å². The van der Waals surface area contributed by atoms with E-state index in [1.165, 1.54) is 25.0 Å². The smallest absolute Gasteiger partial charge is 0.236 e. The van der Waals surface area contributed by atoms with E-state index in [4.69, 9.17) is 0 Å². The molecule has 5 heteroatoms. The standard InChI is InChI=1S/C14H19FN2O.ClH/c1-10(17-13-6-7-13)14(18)16-9-8-11-2-4-12(15)5-3-11;/h2-5,10,13,17H,6-9H2,1H3,(H,16,18);1H. The lowest BCUT2D eigenvalue weighted by Gasteiger charge is -2.13. The molecular weight excluding hydrogens is 267 g/mol. The minimum atomic E-state index is -0.231. The van der Waals surface area contributed by atoms with Gasteiger partial charge in [0.15, 0.2) is 0 Å². The number of rotatable bonds is 6. The molecule has 2 N–H and O–H groups in total. The molecule has 0 radical (unpaired) electrons. The molecule has 0 aliphatic heterocycles. The molecule has 1 atom stereocenters. The molecule has 1 unspecified atom stereocenters. The Bertz CT molecular complexity index is 406. The van der Waals surface area contributed by atoms with Gasteiger partial charge in [0.2, 0.25) is 5.91 Å². The van der Waals surface area contributed by atoms with Crippen molar-refractivity contribution in [1.29, 1.82) is 0 Å². The van der Waals surface area contributed by atoms with Crippen LogP contribution in [-0.4, -0.2) is 24.5 Å². The van der Waals surface area contributed by atoms with E-state index in [1.807, 2.05) is 6.92 Å². The Balaban J connectivity index is 0.00000180. The van der Waals surface area contributed by atoms with Gasteiger partial charge in [0, 0.05) is 12.6 Å². The monoisotopic (exact) mass is 286 g/mol. The Labute approximate surface area is 119 Å². The Morgan fingerprint density at radius 3 is 2.58 bits per heavy atom. The molecule has 0 heterocycles. The van der Waals surface area contributed by atoms with E-state index in [0.717, 1.165) is 12.0 Å². The van der Waals surface area contributed by atoms with Crippen LogP contribution < -0.4 is 10.6 Å². The second-order valence-corrected chi connectivity index (χ2v) is 4.83. The fourth-order valence-corrected chi connectivity index (χ4v) is 1.81. The lowest BCUT2D eigenvalue weighted by molar-refractivity contribution is -0.122. The van der Waals surface area contributed by atoms with Crippen LogP contribution >= 0.6 is 12.4 Å². The SMILES string of the molecule is CC(NC1CC1)C(=O)NCCc1ccc(F)cc1.Cl. The van der Waals surface area contributed by atoms with Crippen molar-refractivity contribution in [3.63, 3.8) is 0 Å². The van der Waals surface area contributed by atoms with Gasteiger partial charge in [0.1, 0.15) is 5.82 Å². The van der Waals surface area contributed by atoms with Crippen molar-refractivity contribution < 1.29 is 9.18 Å². The van der Waals surface area contributed by atoms with E-state index in [1.54, 1.807) is 12.1 Å². The van der Waals surface area contributed by atoms with Crippen LogP contribution in [0.3, 0.4) is 0 Å². The first-order valence-corrected chi connectivity index (χ1v) is 6.43. The molecule has 1 saturated carbocycles. The quantitative estimate of drug-likeness (QED) is 0.840. The van der Waals surface area contributed by atoms with Gasteiger partial charge in [0.05, 0.1) is 6.04 Å². The van der Waals surface area contributed by atoms with Crippen molar-refractivity contribution in [2.45, 2.75) is 38.3 Å². The second kappa shape index (κ2) is 7.46. The summed E-state index contributed by atoms with van der Waals surface area (Å²) in [6.45, 7) is 2.46. The van der Waals surface area contributed by atoms with E-state index in [9.17, 15) is 9.18 Å². The highest BCUT2D eigenvalue weighted by atomic mass is 35.5. The van der Waals surface area contributed by atoms with Crippen LogP contribution in [0, 0.1) is 5.82 Å². The summed E-state index contributed by atoms with van der Waals surface area (Å²) >= 11 is 0. The van der Waals surface area contributed by atoms with Gasteiger partial charge in [-0.1, -0.05) is 12.1 Å². The third-order valence-electron chi connectivity index (χ3n) is 3.08. The van der Waals surface area contributed by atoms with Gasteiger partial charge in [-0.25, -0.2) is 4.39 Å². The molecule has 19 heavy (non-hydrogen) atoms. The summed E-state index contributed by atoms with van der Waals surface area (Å²) in [6.07, 6.45) is 3.07. The first kappa shape index (κ1) is 15.9. The summed E-state index contributed by atoms with van der Waals surface area (Å²) in [7, 11) is 0.